The number of carbonyl (C=O) groups is 2. The van der Waals surface area contributed by atoms with Gasteiger partial charge in [0.25, 0.3) is 0 Å². The van der Waals surface area contributed by atoms with Gasteiger partial charge >= 0.3 is 5.97 Å². The van der Waals surface area contributed by atoms with Gasteiger partial charge in [-0.15, -0.1) is 0 Å². The molecule has 20 heavy (non-hydrogen) atoms. The number of carboxylic acid groups (broad SMARTS) is 1. The van der Waals surface area contributed by atoms with Crippen molar-refractivity contribution in [2.75, 3.05) is 20.3 Å². The van der Waals surface area contributed by atoms with Crippen molar-refractivity contribution in [3.05, 3.63) is 0 Å². The zero-order valence-corrected chi connectivity index (χ0v) is 11.2. The number of aliphatic hydroxyl groups is 2. The van der Waals surface area contributed by atoms with Gasteiger partial charge in [0.2, 0.25) is 5.91 Å². The number of methoxy groups -OCH3 is 1. The van der Waals surface area contributed by atoms with Crippen LogP contribution in [0.5, 0.6) is 0 Å². The van der Waals surface area contributed by atoms with Gasteiger partial charge in [-0.2, -0.15) is 0 Å². The number of ether oxygens (including phenoxy) is 3. The van der Waals surface area contributed by atoms with Crippen LogP contribution in [0.15, 0.2) is 0 Å². The molecule has 1 amide bonds. The van der Waals surface area contributed by atoms with Crippen molar-refractivity contribution >= 4 is 11.9 Å². The van der Waals surface area contributed by atoms with Gasteiger partial charge in [-0.25, -0.2) is 4.79 Å². The zero-order chi connectivity index (χ0) is 15.3. The first-order chi connectivity index (χ1) is 9.36. The highest BCUT2D eigenvalue weighted by atomic mass is 16.7. The van der Waals surface area contributed by atoms with Crippen molar-refractivity contribution in [1.29, 1.82) is 0 Å². The van der Waals surface area contributed by atoms with Gasteiger partial charge in [0, 0.05) is 14.0 Å². The Balaban J connectivity index is 2.80. The maximum absolute atomic E-state index is 11.1. The molecule has 0 aromatic heterocycles. The van der Waals surface area contributed by atoms with E-state index in [1.54, 1.807) is 0 Å². The smallest absolute Gasteiger partial charge is 0.329 e. The summed E-state index contributed by atoms with van der Waals surface area (Å²) in [6, 6.07) is -1.07. The lowest BCUT2D eigenvalue weighted by molar-refractivity contribution is -0.271. The Morgan fingerprint density at radius 2 is 1.95 bits per heavy atom. The largest absolute Gasteiger partial charge is 0.480 e. The van der Waals surface area contributed by atoms with E-state index in [4.69, 9.17) is 19.3 Å². The molecule has 116 valence electrons. The standard InChI is InChI=1S/C11H19NO8/c1-5(13)12-8-10(17)9(16)6(3-18-2)20-11(8)19-4-7(14)15/h6,8-11,16-17H,3-4H2,1-2H3,(H,12,13)(H,14,15). The van der Waals surface area contributed by atoms with Gasteiger partial charge in [-0.3, -0.25) is 4.79 Å². The van der Waals surface area contributed by atoms with Crippen molar-refractivity contribution in [3.8, 4) is 0 Å². The number of nitrogens with one attached hydrogen (secondary N) is 1. The number of hydrogen-bond donors (Lipinski definition) is 4. The molecule has 0 spiro atoms. The average molecular weight is 293 g/mol. The fourth-order valence-electron chi connectivity index (χ4n) is 1.92. The SMILES string of the molecule is COCC1OC(OCC(=O)O)C(NC(C)=O)C(O)C1O. The van der Waals surface area contributed by atoms with E-state index in [9.17, 15) is 19.8 Å². The minimum atomic E-state index is -1.37. The van der Waals surface area contributed by atoms with E-state index in [0.717, 1.165) is 0 Å². The van der Waals surface area contributed by atoms with E-state index in [-0.39, 0.29) is 6.61 Å². The van der Waals surface area contributed by atoms with Gasteiger partial charge < -0.3 is 34.8 Å². The van der Waals surface area contributed by atoms with Crippen LogP contribution in [0.4, 0.5) is 0 Å². The third-order valence-electron chi connectivity index (χ3n) is 2.77. The van der Waals surface area contributed by atoms with Crippen LogP contribution >= 0.6 is 0 Å². The number of aliphatic carboxylic acids is 1. The summed E-state index contributed by atoms with van der Waals surface area (Å²) >= 11 is 0. The fourth-order valence-corrected chi connectivity index (χ4v) is 1.92. The Morgan fingerprint density at radius 3 is 2.45 bits per heavy atom. The summed E-state index contributed by atoms with van der Waals surface area (Å²) < 4.78 is 15.2. The molecule has 1 heterocycles. The number of rotatable bonds is 6. The minimum Gasteiger partial charge on any atom is -0.480 e. The molecule has 0 aromatic rings. The summed E-state index contributed by atoms with van der Waals surface area (Å²) in [5.41, 5.74) is 0. The van der Waals surface area contributed by atoms with Crippen LogP contribution in [0.2, 0.25) is 0 Å². The predicted octanol–water partition coefficient (Wildman–Crippen LogP) is -2.31. The van der Waals surface area contributed by atoms with Gasteiger partial charge in [0.15, 0.2) is 6.29 Å². The van der Waals surface area contributed by atoms with E-state index in [2.05, 4.69) is 5.32 Å². The third kappa shape index (κ3) is 4.39. The van der Waals surface area contributed by atoms with Crippen LogP contribution in [0, 0.1) is 0 Å². The van der Waals surface area contributed by atoms with Crippen molar-refractivity contribution in [1.82, 2.24) is 5.32 Å². The van der Waals surface area contributed by atoms with E-state index in [0.29, 0.717) is 0 Å². The van der Waals surface area contributed by atoms with E-state index in [1.165, 1.54) is 14.0 Å². The highest BCUT2D eigenvalue weighted by molar-refractivity contribution is 5.73. The Kier molecular flexibility index (Phi) is 6.30. The number of amides is 1. The molecular formula is C11H19NO8. The molecule has 0 aromatic carbocycles. The van der Waals surface area contributed by atoms with Crippen LogP contribution in [-0.4, -0.2) is 78.2 Å². The van der Waals surface area contributed by atoms with Gasteiger partial charge in [-0.1, -0.05) is 0 Å². The lowest BCUT2D eigenvalue weighted by atomic mass is 9.97. The molecule has 1 fully saturated rings. The maximum Gasteiger partial charge on any atom is 0.329 e. The number of aliphatic hydroxyl groups excluding tert-OH is 2. The van der Waals surface area contributed by atoms with Crippen LogP contribution in [0.25, 0.3) is 0 Å². The molecule has 0 aliphatic carbocycles. The molecule has 1 saturated heterocycles. The van der Waals surface area contributed by atoms with Gasteiger partial charge in [0.05, 0.1) is 6.61 Å². The third-order valence-corrected chi connectivity index (χ3v) is 2.77. The zero-order valence-electron chi connectivity index (χ0n) is 11.2. The molecule has 0 saturated carbocycles. The van der Waals surface area contributed by atoms with Crippen molar-refractivity contribution < 1.29 is 39.1 Å². The highest BCUT2D eigenvalue weighted by Gasteiger charge is 2.45. The molecule has 1 aliphatic heterocycles. The molecule has 1 rings (SSSR count). The molecular weight excluding hydrogens is 274 g/mol. The van der Waals surface area contributed by atoms with E-state index < -0.39 is 49.1 Å². The predicted molar refractivity (Wildman–Crippen MR) is 63.7 cm³/mol. The van der Waals surface area contributed by atoms with Crippen molar-refractivity contribution in [2.45, 2.75) is 37.6 Å². The van der Waals surface area contributed by atoms with E-state index in [1.807, 2.05) is 0 Å². The molecule has 9 heteroatoms. The molecule has 9 nitrogen and oxygen atoms in total. The Labute approximate surface area is 115 Å². The molecule has 5 unspecified atom stereocenters. The summed E-state index contributed by atoms with van der Waals surface area (Å²) in [7, 11) is 1.38. The summed E-state index contributed by atoms with van der Waals surface area (Å²) in [5.74, 6) is -1.70. The molecule has 4 N–H and O–H groups in total. The fraction of sp³-hybridized carbons (Fsp3) is 0.818. The minimum absolute atomic E-state index is 0.0159. The normalized spacial score (nSPS) is 33.7. The topological polar surface area (TPSA) is 135 Å². The highest BCUT2D eigenvalue weighted by Crippen LogP contribution is 2.22. The molecule has 0 bridgehead atoms. The summed E-state index contributed by atoms with van der Waals surface area (Å²) in [4.78, 5) is 21.6. The quantitative estimate of drug-likeness (QED) is 0.429. The average Bonchev–Trinajstić information content (AvgIpc) is 2.36. The van der Waals surface area contributed by atoms with Crippen LogP contribution in [0.1, 0.15) is 6.92 Å². The van der Waals surface area contributed by atoms with Gasteiger partial charge in [0.1, 0.15) is 31.0 Å². The first-order valence-electron chi connectivity index (χ1n) is 5.97. The second kappa shape index (κ2) is 7.50. The monoisotopic (exact) mass is 293 g/mol. The first-order valence-corrected chi connectivity index (χ1v) is 5.97. The summed E-state index contributed by atoms with van der Waals surface area (Å²) in [6.45, 7) is 0.538. The lowest BCUT2D eigenvalue weighted by Crippen LogP contribution is -2.64. The number of carboxylic acids is 1. The molecule has 0 radical (unpaired) electrons. The first kappa shape index (κ1) is 16.8. The number of hydrogen-bond acceptors (Lipinski definition) is 7. The second-order valence-electron chi connectivity index (χ2n) is 4.41. The van der Waals surface area contributed by atoms with Crippen LogP contribution in [0.3, 0.4) is 0 Å². The Hall–Kier alpha value is -1.26. The van der Waals surface area contributed by atoms with Crippen molar-refractivity contribution in [3.63, 3.8) is 0 Å². The van der Waals surface area contributed by atoms with E-state index >= 15 is 0 Å². The second-order valence-corrected chi connectivity index (χ2v) is 4.41. The lowest BCUT2D eigenvalue weighted by Gasteiger charge is -2.42. The molecule has 1 aliphatic rings. The summed E-state index contributed by atoms with van der Waals surface area (Å²) in [5, 5.41) is 30.8. The maximum atomic E-state index is 11.1. The Bertz CT molecular complexity index is 349. The molecule has 5 atom stereocenters. The van der Waals surface area contributed by atoms with Crippen molar-refractivity contribution in [2.24, 2.45) is 0 Å². The van der Waals surface area contributed by atoms with Gasteiger partial charge in [-0.05, 0) is 0 Å². The summed E-state index contributed by atoms with van der Waals surface area (Å²) in [6.07, 6.45) is -4.75. The Morgan fingerprint density at radius 1 is 1.30 bits per heavy atom. The van der Waals surface area contributed by atoms with Crippen LogP contribution < -0.4 is 5.32 Å². The van der Waals surface area contributed by atoms with Crippen LogP contribution in [-0.2, 0) is 23.8 Å². The number of carbonyl (C=O) groups excluding carboxylic acids is 1.